The van der Waals surface area contributed by atoms with Gasteiger partial charge in [0.05, 0.1) is 24.9 Å². The van der Waals surface area contributed by atoms with E-state index in [4.69, 9.17) is 21.1 Å². The van der Waals surface area contributed by atoms with Crippen LogP contribution in [0.15, 0.2) is 23.8 Å². The predicted molar refractivity (Wildman–Crippen MR) is 102 cm³/mol. The molecular weight excluding hydrogens is 340 g/mol. The summed E-state index contributed by atoms with van der Waals surface area (Å²) in [6.45, 7) is 2.48. The Morgan fingerprint density at radius 1 is 1.24 bits per heavy atom. The van der Waals surface area contributed by atoms with Crippen LogP contribution < -0.4 is 20.1 Å². The first-order valence-corrected chi connectivity index (χ1v) is 9.06. The van der Waals surface area contributed by atoms with E-state index < -0.39 is 6.04 Å². The summed E-state index contributed by atoms with van der Waals surface area (Å²) in [5.74, 6) is 1.06. The smallest absolute Gasteiger partial charge is 0.242 e. The minimum absolute atomic E-state index is 0.0506. The molecule has 1 aliphatic carbocycles. The number of rotatable bonds is 8. The second-order valence-electron chi connectivity index (χ2n) is 6.20. The summed E-state index contributed by atoms with van der Waals surface area (Å²) >= 11 is 6.16. The number of nitrogens with one attached hydrogen (secondary N) is 2. The summed E-state index contributed by atoms with van der Waals surface area (Å²) in [6, 6.07) is 3.00. The van der Waals surface area contributed by atoms with E-state index in [2.05, 4.69) is 16.7 Å². The summed E-state index contributed by atoms with van der Waals surface area (Å²) < 4.78 is 10.5. The molecule has 2 rings (SSSR count). The van der Waals surface area contributed by atoms with E-state index in [1.807, 2.05) is 6.92 Å². The first kappa shape index (κ1) is 19.4. The molecule has 0 heterocycles. The lowest BCUT2D eigenvalue weighted by molar-refractivity contribution is -0.121. The number of methoxy groups -OCH3 is 2. The average molecular weight is 367 g/mol. The molecule has 0 bridgehead atoms. The first-order chi connectivity index (χ1) is 12.0. The van der Waals surface area contributed by atoms with E-state index in [-0.39, 0.29) is 5.91 Å². The van der Waals surface area contributed by atoms with Crippen LogP contribution >= 0.6 is 11.6 Å². The standard InChI is InChI=1S/C19H27ClN2O3/c1-13(19(23)21-10-9-14-7-5-4-6-8-14)22-16-11-15(20)17(24-2)12-18(16)25-3/h7,11-13,22H,4-6,8-10H2,1-3H3,(H,21,23). The van der Waals surface area contributed by atoms with Crippen LogP contribution in [-0.2, 0) is 4.79 Å². The molecule has 0 saturated carbocycles. The minimum atomic E-state index is -0.404. The zero-order valence-corrected chi connectivity index (χ0v) is 15.9. The number of carbonyl (C=O) groups is 1. The van der Waals surface area contributed by atoms with Crippen molar-refractivity contribution in [3.05, 3.63) is 28.8 Å². The minimum Gasteiger partial charge on any atom is -0.495 e. The van der Waals surface area contributed by atoms with Gasteiger partial charge in [0.1, 0.15) is 17.5 Å². The molecule has 1 amide bonds. The van der Waals surface area contributed by atoms with Gasteiger partial charge in [-0.25, -0.2) is 0 Å². The van der Waals surface area contributed by atoms with Crippen LogP contribution in [0.3, 0.4) is 0 Å². The van der Waals surface area contributed by atoms with Crippen molar-refractivity contribution < 1.29 is 14.3 Å². The fourth-order valence-corrected chi connectivity index (χ4v) is 3.14. The lowest BCUT2D eigenvalue weighted by Gasteiger charge is -2.19. The highest BCUT2D eigenvalue weighted by Crippen LogP contribution is 2.36. The summed E-state index contributed by atoms with van der Waals surface area (Å²) in [6.07, 6.45) is 8.10. The monoisotopic (exact) mass is 366 g/mol. The van der Waals surface area contributed by atoms with Crippen LogP contribution in [-0.4, -0.2) is 32.7 Å². The van der Waals surface area contributed by atoms with Gasteiger partial charge in [0.25, 0.3) is 0 Å². The molecule has 0 aliphatic heterocycles. The second-order valence-corrected chi connectivity index (χ2v) is 6.61. The van der Waals surface area contributed by atoms with Crippen LogP contribution in [0.25, 0.3) is 0 Å². The van der Waals surface area contributed by atoms with E-state index in [9.17, 15) is 4.79 Å². The van der Waals surface area contributed by atoms with Crippen molar-refractivity contribution in [1.82, 2.24) is 5.32 Å². The van der Waals surface area contributed by atoms with Gasteiger partial charge in [0.2, 0.25) is 5.91 Å². The molecule has 1 aromatic carbocycles. The number of halogens is 1. The van der Waals surface area contributed by atoms with Crippen molar-refractivity contribution in [2.24, 2.45) is 0 Å². The number of allylic oxidation sites excluding steroid dienone is 1. The van der Waals surface area contributed by atoms with E-state index >= 15 is 0 Å². The maximum absolute atomic E-state index is 12.3. The summed E-state index contributed by atoms with van der Waals surface area (Å²) in [7, 11) is 3.11. The Hall–Kier alpha value is -1.88. The highest BCUT2D eigenvalue weighted by molar-refractivity contribution is 6.32. The van der Waals surface area contributed by atoms with E-state index in [1.165, 1.54) is 24.8 Å². The first-order valence-electron chi connectivity index (χ1n) is 8.68. The van der Waals surface area contributed by atoms with Crippen LogP contribution in [0.2, 0.25) is 5.02 Å². The van der Waals surface area contributed by atoms with Gasteiger partial charge in [-0.05, 0) is 45.1 Å². The van der Waals surface area contributed by atoms with Crippen molar-refractivity contribution in [2.75, 3.05) is 26.1 Å². The van der Waals surface area contributed by atoms with Crippen molar-refractivity contribution in [1.29, 1.82) is 0 Å². The molecule has 0 spiro atoms. The third-order valence-corrected chi connectivity index (χ3v) is 4.66. The number of anilines is 1. The number of carbonyl (C=O) groups excluding carboxylic acids is 1. The topological polar surface area (TPSA) is 59.6 Å². The molecular formula is C19H27ClN2O3. The molecule has 5 nitrogen and oxygen atoms in total. The van der Waals surface area contributed by atoms with Gasteiger partial charge < -0.3 is 20.1 Å². The number of hydrogen-bond donors (Lipinski definition) is 2. The van der Waals surface area contributed by atoms with Gasteiger partial charge in [-0.15, -0.1) is 0 Å². The van der Waals surface area contributed by atoms with Crippen molar-refractivity contribution in [3.8, 4) is 11.5 Å². The highest BCUT2D eigenvalue weighted by Gasteiger charge is 2.16. The molecule has 1 aliphatic rings. The summed E-state index contributed by atoms with van der Waals surface area (Å²) in [4.78, 5) is 12.3. The molecule has 0 fully saturated rings. The zero-order chi connectivity index (χ0) is 18.2. The predicted octanol–water partition coefficient (Wildman–Crippen LogP) is 4.16. The summed E-state index contributed by atoms with van der Waals surface area (Å²) in [5, 5.41) is 6.59. The number of benzene rings is 1. The quantitative estimate of drug-likeness (QED) is 0.678. The Labute approximate surface area is 154 Å². The third kappa shape index (κ3) is 5.56. The Morgan fingerprint density at radius 3 is 2.64 bits per heavy atom. The van der Waals surface area contributed by atoms with Crippen molar-refractivity contribution in [3.63, 3.8) is 0 Å². The maximum Gasteiger partial charge on any atom is 0.242 e. The largest absolute Gasteiger partial charge is 0.495 e. The second kappa shape index (κ2) is 9.56. The SMILES string of the molecule is COc1cc(OC)c(NC(C)C(=O)NCCC2=CCCCC2)cc1Cl. The van der Waals surface area contributed by atoms with Crippen molar-refractivity contribution >= 4 is 23.2 Å². The molecule has 6 heteroatoms. The Balaban J connectivity index is 1.89. The van der Waals surface area contributed by atoms with Gasteiger partial charge in [-0.2, -0.15) is 0 Å². The molecule has 1 atom stereocenters. The molecule has 1 unspecified atom stereocenters. The fraction of sp³-hybridized carbons (Fsp3) is 0.526. The highest BCUT2D eigenvalue weighted by atomic mass is 35.5. The lowest BCUT2D eigenvalue weighted by atomic mass is 9.97. The van der Waals surface area contributed by atoms with Gasteiger partial charge in [0, 0.05) is 12.6 Å². The molecule has 2 N–H and O–H groups in total. The van der Waals surface area contributed by atoms with Gasteiger partial charge in [-0.3, -0.25) is 4.79 Å². The van der Waals surface area contributed by atoms with Crippen LogP contribution in [0.4, 0.5) is 5.69 Å². The summed E-state index contributed by atoms with van der Waals surface area (Å²) in [5.41, 5.74) is 2.11. The Kier molecular flexibility index (Phi) is 7.44. The fourth-order valence-electron chi connectivity index (χ4n) is 2.90. The Morgan fingerprint density at radius 2 is 2.00 bits per heavy atom. The number of ether oxygens (including phenoxy) is 2. The van der Waals surface area contributed by atoms with E-state index in [1.54, 1.807) is 26.4 Å². The third-order valence-electron chi connectivity index (χ3n) is 4.37. The van der Waals surface area contributed by atoms with Crippen LogP contribution in [0, 0.1) is 0 Å². The Bertz CT molecular complexity index is 631. The van der Waals surface area contributed by atoms with Gasteiger partial charge in [-0.1, -0.05) is 23.3 Å². The normalized spacial score (nSPS) is 15.1. The lowest BCUT2D eigenvalue weighted by Crippen LogP contribution is -2.38. The molecule has 0 radical (unpaired) electrons. The van der Waals surface area contributed by atoms with Gasteiger partial charge in [0.15, 0.2) is 0 Å². The van der Waals surface area contributed by atoms with Crippen molar-refractivity contribution in [2.45, 2.75) is 45.1 Å². The maximum atomic E-state index is 12.3. The van der Waals surface area contributed by atoms with E-state index in [0.29, 0.717) is 28.8 Å². The number of amides is 1. The average Bonchev–Trinajstić information content (AvgIpc) is 2.62. The van der Waals surface area contributed by atoms with Gasteiger partial charge >= 0.3 is 0 Å². The molecule has 25 heavy (non-hydrogen) atoms. The van der Waals surface area contributed by atoms with Crippen LogP contribution in [0.5, 0.6) is 11.5 Å². The molecule has 0 aromatic heterocycles. The molecule has 0 saturated heterocycles. The zero-order valence-electron chi connectivity index (χ0n) is 15.2. The molecule has 1 aromatic rings. The molecule has 138 valence electrons. The van der Waals surface area contributed by atoms with E-state index in [0.717, 1.165) is 12.8 Å². The number of hydrogen-bond acceptors (Lipinski definition) is 4. The van der Waals surface area contributed by atoms with Crippen LogP contribution in [0.1, 0.15) is 39.0 Å².